The second-order valence-electron chi connectivity index (χ2n) is 6.09. The minimum atomic E-state index is -4.46. The number of nitrogens with two attached hydrogens (primary N) is 1. The number of nitrogen functional groups attached to an aromatic ring is 1. The van der Waals surface area contributed by atoms with Gasteiger partial charge in [0.15, 0.2) is 0 Å². The number of fused-ring (bicyclic) bond motifs is 1. The van der Waals surface area contributed by atoms with Crippen LogP contribution >= 0.6 is 0 Å². The maximum absolute atomic E-state index is 12.0. The molecule has 0 aliphatic carbocycles. The quantitative estimate of drug-likeness (QED) is 0.831. The topological polar surface area (TPSA) is 73.6 Å². The van der Waals surface area contributed by atoms with Gasteiger partial charge in [-0.1, -0.05) is 0 Å². The minimum Gasteiger partial charge on any atom is -0.487 e. The van der Waals surface area contributed by atoms with E-state index in [0.717, 1.165) is 0 Å². The van der Waals surface area contributed by atoms with Crippen LogP contribution < -0.4 is 15.8 Å². The molecule has 0 saturated heterocycles. The van der Waals surface area contributed by atoms with Crippen LogP contribution in [-0.2, 0) is 9.53 Å². The number of carbonyl (C=O) groups excluding carboxylic acids is 1. The first-order chi connectivity index (χ1) is 10.6. The van der Waals surface area contributed by atoms with E-state index in [2.05, 4.69) is 10.1 Å². The van der Waals surface area contributed by atoms with Crippen molar-refractivity contribution >= 4 is 11.6 Å². The number of benzene rings is 1. The number of hydrogen-bond acceptors (Lipinski definition) is 4. The average Bonchev–Trinajstić information content (AvgIpc) is 2.37. The summed E-state index contributed by atoms with van der Waals surface area (Å²) in [5.74, 6) is -0.0257. The van der Waals surface area contributed by atoms with Gasteiger partial charge in [0.1, 0.15) is 24.6 Å². The molecule has 1 unspecified atom stereocenters. The van der Waals surface area contributed by atoms with Crippen LogP contribution in [0.4, 0.5) is 18.9 Å². The van der Waals surface area contributed by atoms with Gasteiger partial charge in [-0.15, -0.1) is 0 Å². The van der Waals surface area contributed by atoms with Gasteiger partial charge in [0.25, 0.3) is 0 Å². The number of hydrogen-bond donors (Lipinski definition) is 2. The molecular weight excluding hydrogens is 313 g/mol. The third-order valence-electron chi connectivity index (χ3n) is 3.33. The zero-order valence-corrected chi connectivity index (χ0v) is 12.9. The standard InChI is InChI=1S/C15H19F3N2O3/c1-14(2)6-11(10-5-9(19)3-4-12(10)23-14)20-13(21)7-22-8-15(16,17)18/h3-5,11H,6-8,19H2,1-2H3,(H,20,21). The number of anilines is 1. The van der Waals surface area contributed by atoms with E-state index < -0.39 is 36.9 Å². The number of nitrogens with one attached hydrogen (secondary N) is 1. The summed E-state index contributed by atoms with van der Waals surface area (Å²) in [4.78, 5) is 11.8. The van der Waals surface area contributed by atoms with E-state index in [4.69, 9.17) is 10.5 Å². The second-order valence-corrected chi connectivity index (χ2v) is 6.09. The van der Waals surface area contributed by atoms with Crippen LogP contribution in [-0.4, -0.2) is 30.9 Å². The molecule has 0 fully saturated rings. The maximum atomic E-state index is 12.0. The van der Waals surface area contributed by atoms with Crippen molar-refractivity contribution in [1.82, 2.24) is 5.32 Å². The fourth-order valence-corrected chi connectivity index (χ4v) is 2.50. The van der Waals surface area contributed by atoms with Gasteiger partial charge in [0, 0.05) is 17.7 Å². The lowest BCUT2D eigenvalue weighted by molar-refractivity contribution is -0.175. The van der Waals surface area contributed by atoms with Crippen LogP contribution in [0.15, 0.2) is 18.2 Å². The van der Waals surface area contributed by atoms with Crippen molar-refractivity contribution in [1.29, 1.82) is 0 Å². The molecule has 1 aliphatic heterocycles. The molecule has 1 aromatic rings. The normalized spacial score (nSPS) is 19.6. The Morgan fingerprint density at radius 3 is 2.83 bits per heavy atom. The van der Waals surface area contributed by atoms with Gasteiger partial charge in [0.2, 0.25) is 5.91 Å². The molecule has 1 heterocycles. The Labute approximate surface area is 131 Å². The lowest BCUT2D eigenvalue weighted by Gasteiger charge is -2.38. The van der Waals surface area contributed by atoms with Crippen molar-refractivity contribution in [2.75, 3.05) is 18.9 Å². The summed E-state index contributed by atoms with van der Waals surface area (Å²) in [6.45, 7) is 1.62. The highest BCUT2D eigenvalue weighted by molar-refractivity contribution is 5.78. The molecule has 0 spiro atoms. The van der Waals surface area contributed by atoms with E-state index in [1.165, 1.54) is 0 Å². The van der Waals surface area contributed by atoms with Crippen molar-refractivity contribution in [2.45, 2.75) is 38.1 Å². The van der Waals surface area contributed by atoms with Gasteiger partial charge in [0.05, 0.1) is 6.04 Å². The molecule has 0 bridgehead atoms. The molecule has 0 aromatic heterocycles. The van der Waals surface area contributed by atoms with Gasteiger partial charge in [-0.05, 0) is 32.0 Å². The lowest BCUT2D eigenvalue weighted by atomic mass is 9.89. The highest BCUT2D eigenvalue weighted by atomic mass is 19.4. The zero-order valence-electron chi connectivity index (χ0n) is 12.9. The van der Waals surface area contributed by atoms with Crippen molar-refractivity contribution in [3.8, 4) is 5.75 Å². The maximum Gasteiger partial charge on any atom is 0.411 e. The van der Waals surface area contributed by atoms with Crippen molar-refractivity contribution < 1.29 is 27.4 Å². The Hall–Kier alpha value is -1.96. The highest BCUT2D eigenvalue weighted by Gasteiger charge is 2.35. The first-order valence-electron chi connectivity index (χ1n) is 7.08. The van der Waals surface area contributed by atoms with Gasteiger partial charge in [-0.25, -0.2) is 0 Å². The first kappa shape index (κ1) is 17.4. The summed E-state index contributed by atoms with van der Waals surface area (Å²) in [6.07, 6.45) is -3.99. The fraction of sp³-hybridized carbons (Fsp3) is 0.533. The Morgan fingerprint density at radius 1 is 1.48 bits per heavy atom. The molecule has 1 amide bonds. The smallest absolute Gasteiger partial charge is 0.411 e. The molecular formula is C15H19F3N2O3. The largest absolute Gasteiger partial charge is 0.487 e. The van der Waals surface area contributed by atoms with Crippen LogP contribution in [0.2, 0.25) is 0 Å². The van der Waals surface area contributed by atoms with E-state index in [9.17, 15) is 18.0 Å². The minimum absolute atomic E-state index is 0.403. The predicted octanol–water partition coefficient (Wildman–Crippen LogP) is 2.57. The number of carbonyl (C=O) groups is 1. The average molecular weight is 332 g/mol. The molecule has 1 aliphatic rings. The van der Waals surface area contributed by atoms with Crippen LogP contribution in [0.3, 0.4) is 0 Å². The molecule has 23 heavy (non-hydrogen) atoms. The van der Waals surface area contributed by atoms with E-state index in [-0.39, 0.29) is 0 Å². The molecule has 1 aromatic carbocycles. The summed E-state index contributed by atoms with van der Waals surface area (Å²) in [5.41, 5.74) is 6.45. The van der Waals surface area contributed by atoms with Crippen molar-refractivity contribution in [2.24, 2.45) is 0 Å². The van der Waals surface area contributed by atoms with Gasteiger partial charge in [-0.2, -0.15) is 13.2 Å². The Bertz CT molecular complexity index is 588. The number of ether oxygens (including phenoxy) is 2. The van der Waals surface area contributed by atoms with Gasteiger partial charge in [-0.3, -0.25) is 4.79 Å². The third-order valence-corrected chi connectivity index (χ3v) is 3.33. The molecule has 2 rings (SSSR count). The molecule has 5 nitrogen and oxygen atoms in total. The molecule has 0 radical (unpaired) electrons. The van der Waals surface area contributed by atoms with Crippen LogP contribution in [0, 0.1) is 0 Å². The van der Waals surface area contributed by atoms with Crippen LogP contribution in [0.5, 0.6) is 5.75 Å². The third kappa shape index (κ3) is 5.02. The Balaban J connectivity index is 2.04. The van der Waals surface area contributed by atoms with E-state index in [1.54, 1.807) is 18.2 Å². The van der Waals surface area contributed by atoms with Crippen LogP contribution in [0.25, 0.3) is 0 Å². The summed E-state index contributed by atoms with van der Waals surface area (Å²) >= 11 is 0. The zero-order chi connectivity index (χ0) is 17.3. The van der Waals surface area contributed by atoms with Gasteiger partial charge < -0.3 is 20.5 Å². The number of amides is 1. The number of halogens is 3. The molecule has 0 saturated carbocycles. The fourth-order valence-electron chi connectivity index (χ4n) is 2.50. The summed E-state index contributed by atoms with van der Waals surface area (Å²) in [7, 11) is 0. The van der Waals surface area contributed by atoms with Crippen molar-refractivity contribution in [3.63, 3.8) is 0 Å². The van der Waals surface area contributed by atoms with E-state index in [1.807, 2.05) is 13.8 Å². The Morgan fingerprint density at radius 2 is 2.17 bits per heavy atom. The SMILES string of the molecule is CC1(C)CC(NC(=O)COCC(F)(F)F)c2cc(N)ccc2O1. The number of rotatable bonds is 4. The predicted molar refractivity (Wildman–Crippen MR) is 77.9 cm³/mol. The highest BCUT2D eigenvalue weighted by Crippen LogP contribution is 2.40. The monoisotopic (exact) mass is 332 g/mol. The van der Waals surface area contributed by atoms with E-state index >= 15 is 0 Å². The molecule has 8 heteroatoms. The van der Waals surface area contributed by atoms with Crippen molar-refractivity contribution in [3.05, 3.63) is 23.8 Å². The van der Waals surface area contributed by atoms with E-state index in [0.29, 0.717) is 23.4 Å². The molecule has 128 valence electrons. The van der Waals surface area contributed by atoms with Crippen LogP contribution in [0.1, 0.15) is 31.9 Å². The van der Waals surface area contributed by atoms with Gasteiger partial charge >= 0.3 is 6.18 Å². The summed E-state index contributed by atoms with van der Waals surface area (Å²) in [5, 5.41) is 2.68. The first-order valence-corrected chi connectivity index (χ1v) is 7.08. The molecule has 1 atom stereocenters. The second kappa shape index (κ2) is 6.27. The summed E-state index contributed by atoms with van der Waals surface area (Å²) in [6, 6.07) is 4.68. The lowest BCUT2D eigenvalue weighted by Crippen LogP contribution is -2.42. The molecule has 3 N–H and O–H groups in total. The summed E-state index contributed by atoms with van der Waals surface area (Å²) < 4.78 is 46.3. The Kier molecular flexibility index (Phi) is 4.74. The number of alkyl halides is 3.